The van der Waals surface area contributed by atoms with Gasteiger partial charge in [0.2, 0.25) is 23.1 Å². The number of aliphatic hydroxyl groups excluding tert-OH is 2. The number of aryl methyl sites for hydroxylation is 1. The Kier molecular flexibility index (Phi) is 6.92. The number of ether oxygens (including phenoxy) is 2. The quantitative estimate of drug-likeness (QED) is 0.225. The molecule has 0 saturated carbocycles. The van der Waals surface area contributed by atoms with Gasteiger partial charge in [0.1, 0.15) is 12.2 Å². The normalized spacial score (nSPS) is 34.7. The fraction of sp³-hybridized carbons (Fsp3) is 0.455. The van der Waals surface area contributed by atoms with Crippen molar-refractivity contribution in [2.75, 3.05) is 0 Å². The van der Waals surface area contributed by atoms with E-state index < -0.39 is 59.6 Å². The molecule has 0 radical (unpaired) electrons. The van der Waals surface area contributed by atoms with Gasteiger partial charge in [-0.15, -0.1) is 0 Å². The van der Waals surface area contributed by atoms with Gasteiger partial charge in [-0.1, -0.05) is 36.4 Å². The van der Waals surface area contributed by atoms with E-state index in [9.17, 15) is 49.8 Å². The number of carbonyl (C=O) groups excluding carboxylic acids is 1. The first kappa shape index (κ1) is 25.5. The van der Waals surface area contributed by atoms with Crippen LogP contribution in [0.5, 0.6) is 0 Å². The van der Waals surface area contributed by atoms with Crippen LogP contribution in [0.2, 0.25) is 0 Å². The van der Waals surface area contributed by atoms with Crippen LogP contribution in [0.25, 0.3) is 0 Å². The number of rotatable bonds is 10. The molecule has 34 heavy (non-hydrogen) atoms. The Morgan fingerprint density at radius 3 is 2.18 bits per heavy atom. The average molecular weight is 480 g/mol. The third kappa shape index (κ3) is 3.89. The zero-order chi connectivity index (χ0) is 25.3. The first-order chi connectivity index (χ1) is 15.9. The Morgan fingerprint density at radius 1 is 0.971 bits per heavy atom. The summed E-state index contributed by atoms with van der Waals surface area (Å²) >= 11 is 0. The Labute approximate surface area is 192 Å². The van der Waals surface area contributed by atoms with Crippen LogP contribution in [0, 0.1) is 0 Å². The number of aliphatic carboxylic acids is 3. The van der Waals surface area contributed by atoms with E-state index in [1.165, 1.54) is 0 Å². The van der Waals surface area contributed by atoms with Crippen molar-refractivity contribution in [2.24, 2.45) is 0 Å². The topological polar surface area (TPSA) is 208 Å². The first-order valence-electron chi connectivity index (χ1n) is 10.3. The third-order valence-corrected chi connectivity index (χ3v) is 6.07. The molecule has 2 saturated heterocycles. The van der Waals surface area contributed by atoms with E-state index in [0.717, 1.165) is 17.7 Å². The third-order valence-electron chi connectivity index (χ3n) is 6.07. The minimum atomic E-state index is -3.79. The predicted octanol–water partition coefficient (Wildman–Crippen LogP) is -0.904. The van der Waals surface area contributed by atoms with E-state index in [1.807, 2.05) is 30.3 Å². The number of aliphatic hydroxyl groups is 3. The number of ketones is 1. The van der Waals surface area contributed by atoms with Gasteiger partial charge in [-0.25, -0.2) is 14.4 Å². The zero-order valence-corrected chi connectivity index (χ0v) is 17.7. The Balaban J connectivity index is 1.80. The van der Waals surface area contributed by atoms with Crippen LogP contribution in [-0.2, 0) is 35.1 Å². The highest BCUT2D eigenvalue weighted by Gasteiger charge is 2.84. The number of allylic oxidation sites excluding steroid dienone is 1. The molecule has 3 rings (SSSR count). The van der Waals surface area contributed by atoms with Crippen LogP contribution >= 0.6 is 0 Å². The smallest absolute Gasteiger partial charge is 0.343 e. The summed E-state index contributed by atoms with van der Waals surface area (Å²) in [5.41, 5.74) is -6.21. The van der Waals surface area contributed by atoms with Crippen LogP contribution in [0.3, 0.4) is 0 Å². The summed E-state index contributed by atoms with van der Waals surface area (Å²) in [6.07, 6.45) is -4.63. The summed E-state index contributed by atoms with van der Waals surface area (Å²) in [5, 5.41) is 60.1. The Hall–Kier alpha value is -3.16. The second kappa shape index (κ2) is 9.24. The average Bonchev–Trinajstić information content (AvgIpc) is 2.98. The van der Waals surface area contributed by atoms with E-state index >= 15 is 0 Å². The molecule has 2 fully saturated rings. The molecule has 12 nitrogen and oxygen atoms in total. The Morgan fingerprint density at radius 2 is 1.62 bits per heavy atom. The van der Waals surface area contributed by atoms with E-state index in [2.05, 4.69) is 0 Å². The van der Waals surface area contributed by atoms with Gasteiger partial charge in [0.25, 0.3) is 0 Å². The van der Waals surface area contributed by atoms with Crippen LogP contribution < -0.4 is 0 Å². The molecular formula is C22H24O12. The monoisotopic (exact) mass is 480 g/mol. The van der Waals surface area contributed by atoms with Gasteiger partial charge in [0.15, 0.2) is 5.78 Å². The fourth-order valence-electron chi connectivity index (χ4n) is 4.33. The second-order valence-electron chi connectivity index (χ2n) is 8.16. The van der Waals surface area contributed by atoms with Crippen molar-refractivity contribution < 1.29 is 59.3 Å². The number of carboxylic acids is 3. The second-order valence-corrected chi connectivity index (χ2v) is 8.16. The van der Waals surface area contributed by atoms with Gasteiger partial charge >= 0.3 is 17.9 Å². The summed E-state index contributed by atoms with van der Waals surface area (Å²) < 4.78 is 10.3. The number of fused-ring (bicyclic) bond motifs is 2. The first-order valence-corrected chi connectivity index (χ1v) is 10.3. The summed E-state index contributed by atoms with van der Waals surface area (Å²) in [6, 6.07) is 9.43. The van der Waals surface area contributed by atoms with Gasteiger partial charge in [-0.3, -0.25) is 4.79 Å². The van der Waals surface area contributed by atoms with Gasteiger partial charge in [-0.05, 0) is 24.5 Å². The maximum absolute atomic E-state index is 12.2. The van der Waals surface area contributed by atoms with Crippen molar-refractivity contribution in [3.8, 4) is 0 Å². The predicted molar refractivity (Wildman–Crippen MR) is 109 cm³/mol. The Bertz CT molecular complexity index is 1010. The molecule has 6 N–H and O–H groups in total. The molecule has 12 heteroatoms. The van der Waals surface area contributed by atoms with Crippen LogP contribution in [-0.4, -0.2) is 89.6 Å². The molecular weight excluding hydrogens is 456 g/mol. The molecule has 0 aromatic heterocycles. The molecule has 2 aliphatic heterocycles. The molecule has 1 aromatic rings. The van der Waals surface area contributed by atoms with Crippen molar-refractivity contribution in [3.63, 3.8) is 0 Å². The number of benzene rings is 1. The number of carbonyl (C=O) groups is 4. The highest BCUT2D eigenvalue weighted by atomic mass is 16.8. The van der Waals surface area contributed by atoms with E-state index in [1.54, 1.807) is 0 Å². The minimum Gasteiger partial charge on any atom is -0.479 e. The molecule has 0 spiro atoms. The van der Waals surface area contributed by atoms with Gasteiger partial charge in [-0.2, -0.15) is 0 Å². The molecule has 6 atom stereocenters. The standard InChI is InChI=1S/C22H24O12/c23-13(9-4-8-12-6-2-1-3-7-12)10-5-11-20-14(24)15(25)22(34-20,19(30)31)21(32,18(28)29)16(33-20)17(26)27/h1-3,5-7,10,14-16,24-25,32H,4,8-9,11H2,(H,26,27)(H,28,29)(H,30,31)/b10-5+. The zero-order valence-electron chi connectivity index (χ0n) is 17.7. The highest BCUT2D eigenvalue weighted by molar-refractivity contribution is 5.97. The van der Waals surface area contributed by atoms with E-state index in [4.69, 9.17) is 9.47 Å². The van der Waals surface area contributed by atoms with Crippen LogP contribution in [0.4, 0.5) is 0 Å². The van der Waals surface area contributed by atoms with Crippen molar-refractivity contribution in [1.29, 1.82) is 0 Å². The number of carboxylic acid groups (broad SMARTS) is 3. The summed E-state index contributed by atoms with van der Waals surface area (Å²) in [6.45, 7) is 0. The molecule has 2 heterocycles. The number of hydrogen-bond acceptors (Lipinski definition) is 9. The molecule has 0 amide bonds. The minimum absolute atomic E-state index is 0.154. The SMILES string of the molecule is O=C(/C=C/CC12OC(C(=O)O)C(O)(C(=O)O)C(C(=O)O)(O1)C(O)C2O)CCCc1ccccc1. The molecule has 6 unspecified atom stereocenters. The molecule has 184 valence electrons. The van der Waals surface area contributed by atoms with Crippen molar-refractivity contribution in [1.82, 2.24) is 0 Å². The lowest BCUT2D eigenvalue weighted by Crippen LogP contribution is -2.77. The lowest BCUT2D eigenvalue weighted by atomic mass is 9.74. The van der Waals surface area contributed by atoms with Crippen molar-refractivity contribution >= 4 is 23.7 Å². The van der Waals surface area contributed by atoms with E-state index in [-0.39, 0.29) is 12.2 Å². The van der Waals surface area contributed by atoms with E-state index in [0.29, 0.717) is 12.8 Å². The van der Waals surface area contributed by atoms with Crippen molar-refractivity contribution in [3.05, 3.63) is 48.0 Å². The molecule has 0 aliphatic carbocycles. The van der Waals surface area contributed by atoms with Crippen LogP contribution in [0.15, 0.2) is 42.5 Å². The van der Waals surface area contributed by atoms with Crippen molar-refractivity contribution in [2.45, 2.75) is 61.0 Å². The van der Waals surface area contributed by atoms with Crippen LogP contribution in [0.1, 0.15) is 24.8 Å². The summed E-state index contributed by atoms with van der Waals surface area (Å²) in [7, 11) is 0. The molecule has 2 aliphatic rings. The summed E-state index contributed by atoms with van der Waals surface area (Å²) in [4.78, 5) is 47.6. The molecule has 1 aromatic carbocycles. The molecule has 2 bridgehead atoms. The lowest BCUT2D eigenvalue weighted by molar-refractivity contribution is -0.371. The van der Waals surface area contributed by atoms with Gasteiger partial charge < -0.3 is 40.1 Å². The largest absolute Gasteiger partial charge is 0.479 e. The summed E-state index contributed by atoms with van der Waals surface area (Å²) in [5.74, 6) is -9.53. The maximum Gasteiger partial charge on any atom is 0.343 e. The number of hydrogen-bond donors (Lipinski definition) is 6. The van der Waals surface area contributed by atoms with Gasteiger partial charge in [0.05, 0.1) is 0 Å². The maximum atomic E-state index is 12.2. The van der Waals surface area contributed by atoms with Gasteiger partial charge in [0, 0.05) is 12.8 Å². The lowest BCUT2D eigenvalue weighted by Gasteiger charge is -2.48. The fourth-order valence-corrected chi connectivity index (χ4v) is 4.33. The highest BCUT2D eigenvalue weighted by Crippen LogP contribution is 2.54.